The van der Waals surface area contributed by atoms with Crippen LogP contribution in [0.1, 0.15) is 0 Å². The zero-order chi connectivity index (χ0) is 9.16. The highest BCUT2D eigenvalue weighted by molar-refractivity contribution is 9.10. The summed E-state index contributed by atoms with van der Waals surface area (Å²) in [5, 5.41) is 0. The van der Waals surface area contributed by atoms with Crippen LogP contribution >= 0.6 is 47.8 Å². The van der Waals surface area contributed by atoms with E-state index in [-0.39, 0.29) is 0 Å². The number of nitrogens with zero attached hydrogens (tertiary/aromatic N) is 1. The van der Waals surface area contributed by atoms with E-state index in [0.717, 1.165) is 17.8 Å². The van der Waals surface area contributed by atoms with Crippen LogP contribution in [0.2, 0.25) is 0 Å². The first kappa shape index (κ1) is 9.61. The van der Waals surface area contributed by atoms with Gasteiger partial charge in [0.1, 0.15) is 0 Å². The third kappa shape index (κ3) is 1.25. The van der Waals surface area contributed by atoms with E-state index in [4.69, 9.17) is 0 Å². The molecule has 3 aliphatic heterocycles. The van der Waals surface area contributed by atoms with Crippen molar-refractivity contribution in [1.29, 1.82) is 0 Å². The lowest BCUT2D eigenvalue weighted by molar-refractivity contribution is 0.00602. The van der Waals surface area contributed by atoms with Crippen LogP contribution in [-0.2, 0) is 0 Å². The van der Waals surface area contributed by atoms with E-state index in [0.29, 0.717) is 14.5 Å². The van der Waals surface area contributed by atoms with Gasteiger partial charge in [-0.25, -0.2) is 0 Å². The van der Waals surface area contributed by atoms with Gasteiger partial charge in [0.25, 0.3) is 0 Å². The maximum atomic E-state index is 3.87. The Balaban J connectivity index is 1.97. The monoisotopic (exact) mass is 371 g/mol. The van der Waals surface area contributed by atoms with Crippen LogP contribution < -0.4 is 0 Å². The van der Waals surface area contributed by atoms with Crippen molar-refractivity contribution in [2.75, 3.05) is 19.6 Å². The molecule has 0 aromatic rings. The number of halogens is 3. The van der Waals surface area contributed by atoms with Gasteiger partial charge in [-0.1, -0.05) is 47.8 Å². The van der Waals surface area contributed by atoms with Crippen molar-refractivity contribution in [2.45, 2.75) is 14.5 Å². The molecule has 1 saturated carbocycles. The fourth-order valence-electron chi connectivity index (χ4n) is 3.20. The normalized spacial score (nSPS) is 64.4. The molecular formula is C9H12Br3N. The molecule has 1 nitrogen and oxygen atoms in total. The molecule has 0 unspecified atom stereocenters. The van der Waals surface area contributed by atoms with Gasteiger partial charge < -0.3 is 4.90 Å². The number of piperidine rings is 3. The third-order valence-electron chi connectivity index (χ3n) is 3.86. The highest BCUT2D eigenvalue weighted by atomic mass is 79.9. The summed E-state index contributed by atoms with van der Waals surface area (Å²) in [5.74, 6) is 2.48. The molecule has 0 amide bonds. The lowest BCUT2D eigenvalue weighted by Crippen LogP contribution is -2.67. The van der Waals surface area contributed by atoms with Crippen molar-refractivity contribution in [2.24, 2.45) is 17.8 Å². The smallest absolute Gasteiger partial charge is 0.0248 e. The van der Waals surface area contributed by atoms with Crippen molar-refractivity contribution in [3.63, 3.8) is 0 Å². The Labute approximate surface area is 104 Å². The second-order valence-corrected chi connectivity index (χ2v) is 7.72. The molecule has 3 saturated heterocycles. The molecule has 1 aliphatic carbocycles. The van der Waals surface area contributed by atoms with Gasteiger partial charge in [0.05, 0.1) is 0 Å². The molecular weight excluding hydrogens is 362 g/mol. The minimum atomic E-state index is 0.717. The van der Waals surface area contributed by atoms with E-state index < -0.39 is 0 Å². The van der Waals surface area contributed by atoms with Crippen molar-refractivity contribution >= 4 is 47.8 Å². The Hall–Kier alpha value is 1.40. The van der Waals surface area contributed by atoms with Gasteiger partial charge >= 0.3 is 0 Å². The minimum Gasteiger partial charge on any atom is -0.302 e. The van der Waals surface area contributed by atoms with Crippen LogP contribution in [0.3, 0.4) is 0 Å². The molecule has 74 valence electrons. The van der Waals surface area contributed by atoms with Crippen LogP contribution in [0.5, 0.6) is 0 Å². The fourth-order valence-corrected chi connectivity index (χ4v) is 7.41. The zero-order valence-electron chi connectivity index (χ0n) is 7.17. The SMILES string of the molecule is BrC1C2CN3CC1C(Br)C(C3)C2Br. The van der Waals surface area contributed by atoms with E-state index in [1.54, 1.807) is 0 Å². The molecule has 4 aliphatic rings. The molecule has 4 heteroatoms. The average molecular weight is 374 g/mol. The highest BCUT2D eigenvalue weighted by Crippen LogP contribution is 2.51. The van der Waals surface area contributed by atoms with E-state index in [9.17, 15) is 0 Å². The van der Waals surface area contributed by atoms with Crippen molar-refractivity contribution in [1.82, 2.24) is 4.90 Å². The fraction of sp³-hybridized carbons (Fsp3) is 1.00. The molecule has 0 N–H and O–H groups in total. The standard InChI is InChI=1S/C9H12Br3N/c10-7-4-1-13-2-5(7)9(12)6(3-13)8(4)11/h4-9H,1-3H2. The zero-order valence-corrected chi connectivity index (χ0v) is 11.9. The molecule has 0 spiro atoms. The van der Waals surface area contributed by atoms with Gasteiger partial charge in [-0.2, -0.15) is 0 Å². The number of hydrogen-bond donors (Lipinski definition) is 0. The van der Waals surface area contributed by atoms with Crippen molar-refractivity contribution in [3.05, 3.63) is 0 Å². The third-order valence-corrected chi connectivity index (χ3v) is 7.94. The summed E-state index contributed by atoms with van der Waals surface area (Å²) in [7, 11) is 0. The summed E-state index contributed by atoms with van der Waals surface area (Å²) in [5.41, 5.74) is 0. The Morgan fingerprint density at radius 2 is 1.00 bits per heavy atom. The van der Waals surface area contributed by atoms with Gasteiger partial charge in [-0.3, -0.25) is 0 Å². The molecule has 0 aromatic heterocycles. The minimum absolute atomic E-state index is 0.717. The van der Waals surface area contributed by atoms with Gasteiger partial charge in [-0.15, -0.1) is 0 Å². The van der Waals surface area contributed by atoms with E-state index >= 15 is 0 Å². The topological polar surface area (TPSA) is 3.24 Å². The Bertz CT molecular complexity index is 185. The van der Waals surface area contributed by atoms with Gasteiger partial charge in [0, 0.05) is 34.1 Å². The predicted molar refractivity (Wildman–Crippen MR) is 65.1 cm³/mol. The highest BCUT2D eigenvalue weighted by Gasteiger charge is 2.55. The van der Waals surface area contributed by atoms with Crippen molar-refractivity contribution in [3.8, 4) is 0 Å². The van der Waals surface area contributed by atoms with Crippen LogP contribution in [0.15, 0.2) is 0 Å². The summed E-state index contributed by atoms with van der Waals surface area (Å²) in [4.78, 5) is 4.78. The molecule has 4 rings (SSSR count). The Morgan fingerprint density at radius 1 is 0.692 bits per heavy atom. The lowest BCUT2D eigenvalue weighted by atomic mass is 9.68. The van der Waals surface area contributed by atoms with Crippen LogP contribution in [0.4, 0.5) is 0 Å². The molecule has 0 radical (unpaired) electrons. The van der Waals surface area contributed by atoms with Crippen molar-refractivity contribution < 1.29 is 0 Å². The van der Waals surface area contributed by atoms with Crippen LogP contribution in [-0.4, -0.2) is 39.0 Å². The van der Waals surface area contributed by atoms with Crippen LogP contribution in [0, 0.1) is 17.8 Å². The molecule has 0 atom stereocenters. The molecule has 0 aromatic carbocycles. The average Bonchev–Trinajstić information content (AvgIpc) is 2.12. The maximum absolute atomic E-state index is 3.87. The molecule has 4 fully saturated rings. The van der Waals surface area contributed by atoms with E-state index in [1.165, 1.54) is 19.6 Å². The molecule has 3 heterocycles. The summed E-state index contributed by atoms with van der Waals surface area (Å²) >= 11 is 11.6. The number of rotatable bonds is 0. The van der Waals surface area contributed by atoms with E-state index in [1.807, 2.05) is 0 Å². The van der Waals surface area contributed by atoms with Gasteiger partial charge in [0.15, 0.2) is 0 Å². The summed E-state index contributed by atoms with van der Waals surface area (Å²) in [6.07, 6.45) is 0. The summed E-state index contributed by atoms with van der Waals surface area (Å²) < 4.78 is 0. The first-order valence-corrected chi connectivity index (χ1v) is 7.58. The second-order valence-electron chi connectivity index (χ2n) is 4.54. The van der Waals surface area contributed by atoms with E-state index in [2.05, 4.69) is 52.7 Å². The first-order valence-electron chi connectivity index (χ1n) is 4.83. The summed E-state index contributed by atoms with van der Waals surface area (Å²) in [6.45, 7) is 3.87. The quantitative estimate of drug-likeness (QED) is 0.590. The Kier molecular flexibility index (Phi) is 2.36. The predicted octanol–water partition coefficient (Wildman–Crippen LogP) is 2.47. The summed E-state index contributed by atoms with van der Waals surface area (Å²) in [6, 6.07) is 0. The number of hydrogen-bond acceptors (Lipinski definition) is 1. The first-order chi connectivity index (χ1) is 6.18. The second kappa shape index (κ2) is 3.19. The van der Waals surface area contributed by atoms with Gasteiger partial charge in [0.2, 0.25) is 0 Å². The largest absolute Gasteiger partial charge is 0.302 e. The number of alkyl halides is 3. The lowest BCUT2D eigenvalue weighted by Gasteiger charge is -2.59. The van der Waals surface area contributed by atoms with Gasteiger partial charge in [-0.05, 0) is 17.8 Å². The molecule has 13 heavy (non-hydrogen) atoms. The van der Waals surface area contributed by atoms with Crippen LogP contribution in [0.25, 0.3) is 0 Å². The maximum Gasteiger partial charge on any atom is 0.0248 e. The Morgan fingerprint density at radius 3 is 1.31 bits per heavy atom. The molecule has 4 bridgehead atoms.